The van der Waals surface area contributed by atoms with Crippen molar-refractivity contribution in [2.24, 2.45) is 17.8 Å². The standard InChI is InChI=1S/C10H18F2.C10H19NO/c1-8(2)7-9-3-5-10(11,12)6-4-9;1-9(2)7-10(8-12-10)11-5-3-4-6-11/h8-9H,3-7H2,1-2H3;9H,3-8H2,1-2H3. The summed E-state index contributed by atoms with van der Waals surface area (Å²) in [7, 11) is 0. The lowest BCUT2D eigenvalue weighted by Crippen LogP contribution is -2.37. The fraction of sp³-hybridized carbons (Fsp3) is 1.00. The van der Waals surface area contributed by atoms with E-state index in [2.05, 4.69) is 32.6 Å². The van der Waals surface area contributed by atoms with E-state index in [1.807, 2.05) is 0 Å². The highest BCUT2D eigenvalue weighted by molar-refractivity contribution is 4.94. The van der Waals surface area contributed by atoms with Crippen LogP contribution in [0.25, 0.3) is 0 Å². The number of rotatable bonds is 5. The van der Waals surface area contributed by atoms with Crippen LogP contribution in [0.1, 0.15) is 79.1 Å². The van der Waals surface area contributed by atoms with Gasteiger partial charge in [0.25, 0.3) is 0 Å². The Morgan fingerprint density at radius 1 is 1.00 bits per heavy atom. The molecule has 24 heavy (non-hydrogen) atoms. The Bertz CT molecular complexity index is 364. The van der Waals surface area contributed by atoms with E-state index in [-0.39, 0.29) is 18.6 Å². The minimum absolute atomic E-state index is 0.115. The summed E-state index contributed by atoms with van der Waals surface area (Å²) in [6.45, 7) is 12.4. The molecule has 3 fully saturated rings. The van der Waals surface area contributed by atoms with Gasteiger partial charge in [-0.05, 0) is 56.3 Å². The maximum atomic E-state index is 12.7. The van der Waals surface area contributed by atoms with Gasteiger partial charge < -0.3 is 4.74 Å². The molecular formula is C20H37F2NO. The molecule has 0 aromatic rings. The first kappa shape index (κ1) is 20.1. The number of hydrogen-bond donors (Lipinski definition) is 0. The zero-order chi connectivity index (χ0) is 17.8. The van der Waals surface area contributed by atoms with E-state index in [1.165, 1.54) is 32.4 Å². The normalized spacial score (nSPS) is 30.5. The molecule has 0 amide bonds. The van der Waals surface area contributed by atoms with Gasteiger partial charge in [-0.25, -0.2) is 8.78 Å². The lowest BCUT2D eigenvalue weighted by Gasteiger charge is -2.29. The van der Waals surface area contributed by atoms with E-state index >= 15 is 0 Å². The zero-order valence-corrected chi connectivity index (χ0v) is 16.1. The number of hydrogen-bond acceptors (Lipinski definition) is 2. The first-order chi connectivity index (χ1) is 11.2. The Kier molecular flexibility index (Phi) is 7.07. The summed E-state index contributed by atoms with van der Waals surface area (Å²) in [6, 6.07) is 0. The lowest BCUT2D eigenvalue weighted by molar-refractivity contribution is -0.0476. The monoisotopic (exact) mass is 345 g/mol. The second kappa shape index (κ2) is 8.44. The molecule has 0 aromatic carbocycles. The quantitative estimate of drug-likeness (QED) is 0.593. The Labute approximate surface area is 147 Å². The predicted molar refractivity (Wildman–Crippen MR) is 95.3 cm³/mol. The Morgan fingerprint density at radius 2 is 1.54 bits per heavy atom. The minimum Gasteiger partial charge on any atom is -0.353 e. The molecule has 2 nitrogen and oxygen atoms in total. The van der Waals surface area contributed by atoms with Gasteiger partial charge in [0.2, 0.25) is 5.92 Å². The van der Waals surface area contributed by atoms with E-state index in [4.69, 9.17) is 4.74 Å². The molecule has 0 spiro atoms. The number of ether oxygens (including phenoxy) is 1. The van der Waals surface area contributed by atoms with Crippen LogP contribution in [-0.4, -0.2) is 36.2 Å². The van der Waals surface area contributed by atoms with E-state index in [9.17, 15) is 8.78 Å². The van der Waals surface area contributed by atoms with Crippen LogP contribution >= 0.6 is 0 Å². The summed E-state index contributed by atoms with van der Waals surface area (Å²) in [4.78, 5) is 2.53. The van der Waals surface area contributed by atoms with Crippen LogP contribution in [0.15, 0.2) is 0 Å². The summed E-state index contributed by atoms with van der Waals surface area (Å²) in [5.74, 6) is -0.382. The molecule has 0 N–H and O–H groups in total. The van der Waals surface area contributed by atoms with Crippen LogP contribution in [0, 0.1) is 17.8 Å². The molecule has 2 heterocycles. The van der Waals surface area contributed by atoms with Gasteiger partial charge in [0, 0.05) is 25.9 Å². The zero-order valence-electron chi connectivity index (χ0n) is 16.1. The third kappa shape index (κ3) is 6.25. The van der Waals surface area contributed by atoms with Crippen LogP contribution in [-0.2, 0) is 4.74 Å². The van der Waals surface area contributed by atoms with Crippen molar-refractivity contribution in [3.05, 3.63) is 0 Å². The molecule has 1 aliphatic carbocycles. The Balaban J connectivity index is 0.000000174. The van der Waals surface area contributed by atoms with Gasteiger partial charge in [-0.2, -0.15) is 0 Å². The second-order valence-electron chi connectivity index (χ2n) is 8.96. The maximum Gasteiger partial charge on any atom is 0.248 e. The lowest BCUT2D eigenvalue weighted by atomic mass is 9.82. The van der Waals surface area contributed by atoms with Gasteiger partial charge >= 0.3 is 0 Å². The summed E-state index contributed by atoms with van der Waals surface area (Å²) < 4.78 is 31.0. The van der Waals surface area contributed by atoms with Crippen LogP contribution in [0.2, 0.25) is 0 Å². The van der Waals surface area contributed by atoms with Crippen molar-refractivity contribution < 1.29 is 13.5 Å². The predicted octanol–water partition coefficient (Wildman–Crippen LogP) is 5.71. The van der Waals surface area contributed by atoms with Gasteiger partial charge in [-0.3, -0.25) is 4.90 Å². The first-order valence-electron chi connectivity index (χ1n) is 9.99. The highest BCUT2D eigenvalue weighted by Gasteiger charge is 2.50. The average Bonchev–Trinajstić information content (AvgIpc) is 3.03. The van der Waals surface area contributed by atoms with Crippen molar-refractivity contribution in [2.45, 2.75) is 90.7 Å². The number of alkyl halides is 2. The third-order valence-electron chi connectivity index (χ3n) is 5.53. The summed E-state index contributed by atoms with van der Waals surface area (Å²) in [5.41, 5.74) is 0.185. The van der Waals surface area contributed by atoms with E-state index < -0.39 is 5.92 Å². The molecule has 1 atom stereocenters. The molecule has 1 unspecified atom stereocenters. The number of halogens is 2. The maximum absolute atomic E-state index is 12.7. The van der Waals surface area contributed by atoms with E-state index in [0.29, 0.717) is 11.8 Å². The van der Waals surface area contributed by atoms with Crippen molar-refractivity contribution in [1.82, 2.24) is 4.90 Å². The van der Waals surface area contributed by atoms with Crippen molar-refractivity contribution in [1.29, 1.82) is 0 Å². The van der Waals surface area contributed by atoms with Crippen LogP contribution < -0.4 is 0 Å². The van der Waals surface area contributed by atoms with Gasteiger partial charge in [0.15, 0.2) is 0 Å². The van der Waals surface area contributed by atoms with Crippen LogP contribution in [0.5, 0.6) is 0 Å². The van der Waals surface area contributed by atoms with Crippen molar-refractivity contribution in [3.8, 4) is 0 Å². The molecule has 2 aliphatic heterocycles. The fourth-order valence-electron chi connectivity index (χ4n) is 4.28. The molecule has 142 valence electrons. The summed E-state index contributed by atoms with van der Waals surface area (Å²) in [5, 5.41) is 0. The highest BCUT2D eigenvalue weighted by atomic mass is 19.3. The SMILES string of the molecule is CC(C)CC1(N2CCCC2)CO1.CC(C)CC1CCC(F)(F)CC1. The summed E-state index contributed by atoms with van der Waals surface area (Å²) >= 11 is 0. The molecular weight excluding hydrogens is 308 g/mol. The highest BCUT2D eigenvalue weighted by Crippen LogP contribution is 2.40. The van der Waals surface area contributed by atoms with Crippen molar-refractivity contribution in [2.75, 3.05) is 19.7 Å². The molecule has 1 saturated carbocycles. The van der Waals surface area contributed by atoms with E-state index in [1.54, 1.807) is 0 Å². The fourth-order valence-corrected chi connectivity index (χ4v) is 4.28. The molecule has 2 saturated heterocycles. The van der Waals surface area contributed by atoms with Gasteiger partial charge in [0.05, 0.1) is 6.61 Å². The third-order valence-corrected chi connectivity index (χ3v) is 5.53. The molecule has 3 aliphatic rings. The second-order valence-corrected chi connectivity index (χ2v) is 8.96. The average molecular weight is 346 g/mol. The largest absolute Gasteiger partial charge is 0.353 e. The molecule has 4 heteroatoms. The molecule has 0 aromatic heterocycles. The Hall–Kier alpha value is -0.220. The van der Waals surface area contributed by atoms with Gasteiger partial charge in [-0.15, -0.1) is 0 Å². The topological polar surface area (TPSA) is 15.8 Å². The summed E-state index contributed by atoms with van der Waals surface area (Å²) in [6.07, 6.45) is 6.75. The smallest absolute Gasteiger partial charge is 0.248 e. The Morgan fingerprint density at radius 3 is 1.96 bits per heavy atom. The molecule has 0 bridgehead atoms. The minimum atomic E-state index is -2.35. The number of likely N-dealkylation sites (tertiary alicyclic amines) is 1. The first-order valence-corrected chi connectivity index (χ1v) is 9.99. The van der Waals surface area contributed by atoms with Gasteiger partial charge in [0.1, 0.15) is 5.72 Å². The number of nitrogens with zero attached hydrogens (tertiary/aromatic N) is 1. The van der Waals surface area contributed by atoms with Crippen molar-refractivity contribution in [3.63, 3.8) is 0 Å². The van der Waals surface area contributed by atoms with Crippen LogP contribution in [0.4, 0.5) is 8.78 Å². The molecule has 0 radical (unpaired) electrons. The van der Waals surface area contributed by atoms with Crippen LogP contribution in [0.3, 0.4) is 0 Å². The number of epoxide rings is 1. The van der Waals surface area contributed by atoms with Gasteiger partial charge in [-0.1, -0.05) is 27.7 Å². The molecule has 3 rings (SSSR count). The van der Waals surface area contributed by atoms with E-state index in [0.717, 1.165) is 31.8 Å². The van der Waals surface area contributed by atoms with Crippen molar-refractivity contribution >= 4 is 0 Å².